The first kappa shape index (κ1) is 19.6. The minimum atomic E-state index is -0.618. The lowest BCUT2D eigenvalue weighted by molar-refractivity contribution is -0.142. The lowest BCUT2D eigenvalue weighted by atomic mass is 10.1. The Labute approximate surface area is 145 Å². The van der Waals surface area contributed by atoms with E-state index in [1.807, 2.05) is 13.8 Å². The van der Waals surface area contributed by atoms with E-state index in [-0.39, 0.29) is 6.61 Å². The fourth-order valence-corrected chi connectivity index (χ4v) is 2.82. The van der Waals surface area contributed by atoms with Crippen molar-refractivity contribution in [3.05, 3.63) is 40.3 Å². The number of hydrogen-bond acceptors (Lipinski definition) is 6. The van der Waals surface area contributed by atoms with Crippen LogP contribution in [0.1, 0.15) is 34.6 Å². The first-order valence-corrected chi connectivity index (χ1v) is 8.25. The molecule has 0 aliphatic heterocycles. The van der Waals surface area contributed by atoms with E-state index >= 15 is 0 Å². The first-order valence-electron chi connectivity index (χ1n) is 7.43. The number of nitrogens with one attached hydrogen (secondary N) is 1. The first-order chi connectivity index (χ1) is 11.4. The van der Waals surface area contributed by atoms with Crippen LogP contribution in [0.2, 0.25) is 0 Å². The third kappa shape index (κ3) is 5.66. The SMILES string of the molecule is C/C=C/C=C/C(=O)OCC(=O)Nc1sc(C)c(C)c1C(=O)OCC. The number of aryl methyl sites for hydroxylation is 1. The number of anilines is 1. The number of rotatable bonds is 7. The van der Waals surface area contributed by atoms with Gasteiger partial charge in [-0.15, -0.1) is 11.3 Å². The number of hydrogen-bond donors (Lipinski definition) is 1. The van der Waals surface area contributed by atoms with Crippen molar-refractivity contribution in [3.8, 4) is 0 Å². The molecule has 0 atom stereocenters. The van der Waals surface area contributed by atoms with Gasteiger partial charge in [0.25, 0.3) is 5.91 Å². The summed E-state index contributed by atoms with van der Waals surface area (Å²) in [6.07, 6.45) is 6.17. The number of esters is 2. The number of thiophene rings is 1. The van der Waals surface area contributed by atoms with E-state index in [4.69, 9.17) is 9.47 Å². The molecular weight excluding hydrogens is 330 g/mol. The molecule has 1 amide bonds. The van der Waals surface area contributed by atoms with Gasteiger partial charge in [0.15, 0.2) is 6.61 Å². The molecule has 0 aromatic carbocycles. The Morgan fingerprint density at radius 1 is 1.17 bits per heavy atom. The predicted molar refractivity (Wildman–Crippen MR) is 93.3 cm³/mol. The number of carbonyl (C=O) groups excluding carboxylic acids is 3. The zero-order valence-electron chi connectivity index (χ0n) is 14.2. The zero-order chi connectivity index (χ0) is 18.1. The molecule has 1 aromatic rings. The van der Waals surface area contributed by atoms with E-state index in [1.165, 1.54) is 23.5 Å². The van der Waals surface area contributed by atoms with Crippen molar-refractivity contribution >= 4 is 34.2 Å². The lowest BCUT2D eigenvalue weighted by Gasteiger charge is -2.07. The number of carbonyl (C=O) groups is 3. The van der Waals surface area contributed by atoms with Crippen molar-refractivity contribution in [1.29, 1.82) is 0 Å². The summed E-state index contributed by atoms with van der Waals surface area (Å²) in [5.41, 5.74) is 1.10. The van der Waals surface area contributed by atoms with Gasteiger partial charge in [-0.25, -0.2) is 9.59 Å². The maximum Gasteiger partial charge on any atom is 0.341 e. The Balaban J connectivity index is 2.72. The molecule has 24 heavy (non-hydrogen) atoms. The van der Waals surface area contributed by atoms with E-state index in [0.717, 1.165) is 10.4 Å². The molecule has 0 aliphatic rings. The van der Waals surface area contributed by atoms with Gasteiger partial charge in [0.2, 0.25) is 0 Å². The van der Waals surface area contributed by atoms with Gasteiger partial charge in [0, 0.05) is 11.0 Å². The summed E-state index contributed by atoms with van der Waals surface area (Å²) in [6, 6.07) is 0. The van der Waals surface area contributed by atoms with Crippen molar-refractivity contribution in [3.63, 3.8) is 0 Å². The maximum atomic E-state index is 12.0. The summed E-state index contributed by atoms with van der Waals surface area (Å²) < 4.78 is 9.84. The summed E-state index contributed by atoms with van der Waals surface area (Å²) >= 11 is 1.28. The van der Waals surface area contributed by atoms with E-state index in [9.17, 15) is 14.4 Å². The molecule has 1 N–H and O–H groups in total. The Morgan fingerprint density at radius 3 is 2.50 bits per heavy atom. The smallest absolute Gasteiger partial charge is 0.341 e. The van der Waals surface area contributed by atoms with Gasteiger partial charge in [-0.2, -0.15) is 0 Å². The van der Waals surface area contributed by atoms with Crippen LogP contribution >= 0.6 is 11.3 Å². The van der Waals surface area contributed by atoms with Crippen LogP contribution in [0.25, 0.3) is 0 Å². The normalized spacial score (nSPS) is 11.0. The summed E-state index contributed by atoms with van der Waals surface area (Å²) in [5, 5.41) is 2.99. The highest BCUT2D eigenvalue weighted by molar-refractivity contribution is 7.16. The Hall–Kier alpha value is -2.41. The molecule has 0 saturated carbocycles. The highest BCUT2D eigenvalue weighted by Gasteiger charge is 2.22. The van der Waals surface area contributed by atoms with Gasteiger partial charge in [0.1, 0.15) is 5.00 Å². The highest BCUT2D eigenvalue weighted by atomic mass is 32.1. The molecule has 1 heterocycles. The summed E-state index contributed by atoms with van der Waals surface area (Å²) in [4.78, 5) is 36.3. The third-order valence-corrected chi connectivity index (χ3v) is 4.12. The largest absolute Gasteiger partial charge is 0.462 e. The van der Waals surface area contributed by atoms with Gasteiger partial charge < -0.3 is 14.8 Å². The molecular formula is C17H21NO5S. The minimum absolute atomic E-state index is 0.247. The molecule has 1 rings (SSSR count). The van der Waals surface area contributed by atoms with E-state index < -0.39 is 24.5 Å². The molecule has 0 spiro atoms. The van der Waals surface area contributed by atoms with Crippen LogP contribution < -0.4 is 5.32 Å². The topological polar surface area (TPSA) is 81.7 Å². The third-order valence-electron chi connectivity index (χ3n) is 3.00. The molecule has 0 bridgehead atoms. The Bertz CT molecular complexity index is 673. The standard InChI is InChI=1S/C17H21NO5S/c1-5-7-8-9-14(20)23-10-13(19)18-16-15(17(21)22-6-2)11(3)12(4)24-16/h5,7-9H,6,10H2,1-4H3,(H,18,19)/b7-5+,9-8+. The van der Waals surface area contributed by atoms with E-state index in [1.54, 1.807) is 26.0 Å². The fraction of sp³-hybridized carbons (Fsp3) is 0.353. The molecule has 0 unspecified atom stereocenters. The Morgan fingerprint density at radius 2 is 1.88 bits per heavy atom. The molecule has 130 valence electrons. The van der Waals surface area contributed by atoms with Crippen LogP contribution in [0.4, 0.5) is 5.00 Å². The van der Waals surface area contributed by atoms with Gasteiger partial charge in [-0.3, -0.25) is 4.79 Å². The molecule has 0 aliphatic carbocycles. The van der Waals surface area contributed by atoms with Crippen LogP contribution in [0.15, 0.2) is 24.3 Å². The number of allylic oxidation sites excluding steroid dienone is 3. The van der Waals surface area contributed by atoms with Crippen molar-refractivity contribution in [2.24, 2.45) is 0 Å². The van der Waals surface area contributed by atoms with Gasteiger partial charge >= 0.3 is 11.9 Å². The second kappa shape index (κ2) is 9.67. The summed E-state index contributed by atoms with van der Waals surface area (Å²) in [6.45, 7) is 6.99. The average molecular weight is 351 g/mol. The van der Waals surface area contributed by atoms with Crippen molar-refractivity contribution in [1.82, 2.24) is 0 Å². The fourth-order valence-electron chi connectivity index (χ4n) is 1.76. The minimum Gasteiger partial charge on any atom is -0.462 e. The molecule has 1 aromatic heterocycles. The second-order valence-electron chi connectivity index (χ2n) is 4.75. The van der Waals surface area contributed by atoms with Gasteiger partial charge in [0.05, 0.1) is 12.2 Å². The van der Waals surface area contributed by atoms with E-state index in [2.05, 4.69) is 5.32 Å². The molecule has 6 nitrogen and oxygen atoms in total. The number of amides is 1. The van der Waals surface area contributed by atoms with E-state index in [0.29, 0.717) is 10.6 Å². The molecule has 0 fully saturated rings. The van der Waals surface area contributed by atoms with Crippen molar-refractivity contribution in [2.45, 2.75) is 27.7 Å². The molecule has 0 saturated heterocycles. The predicted octanol–water partition coefficient (Wildman–Crippen LogP) is 3.16. The maximum absolute atomic E-state index is 12.0. The highest BCUT2D eigenvalue weighted by Crippen LogP contribution is 2.32. The van der Waals surface area contributed by atoms with Crippen LogP contribution in [-0.4, -0.2) is 31.1 Å². The summed E-state index contributed by atoms with van der Waals surface area (Å²) in [5.74, 6) is -1.62. The monoisotopic (exact) mass is 351 g/mol. The average Bonchev–Trinajstić information content (AvgIpc) is 2.80. The number of ether oxygens (including phenoxy) is 2. The van der Waals surface area contributed by atoms with Crippen molar-refractivity contribution < 1.29 is 23.9 Å². The van der Waals surface area contributed by atoms with Gasteiger partial charge in [-0.05, 0) is 33.3 Å². The van der Waals surface area contributed by atoms with Crippen LogP contribution in [0, 0.1) is 13.8 Å². The Kier molecular flexibility index (Phi) is 7.91. The lowest BCUT2D eigenvalue weighted by Crippen LogP contribution is -2.21. The van der Waals surface area contributed by atoms with Crippen molar-refractivity contribution in [2.75, 3.05) is 18.5 Å². The molecule has 0 radical (unpaired) electrons. The quantitative estimate of drug-likeness (QED) is 0.464. The van der Waals surface area contributed by atoms with Gasteiger partial charge in [-0.1, -0.05) is 18.2 Å². The molecule has 7 heteroatoms. The zero-order valence-corrected chi connectivity index (χ0v) is 15.0. The van der Waals surface area contributed by atoms with Crippen LogP contribution in [-0.2, 0) is 19.1 Å². The van der Waals surface area contributed by atoms with Crippen LogP contribution in [0.3, 0.4) is 0 Å². The van der Waals surface area contributed by atoms with Crippen LogP contribution in [0.5, 0.6) is 0 Å². The summed E-state index contributed by atoms with van der Waals surface area (Å²) in [7, 11) is 0. The second-order valence-corrected chi connectivity index (χ2v) is 5.97.